The minimum absolute atomic E-state index is 0.335. The van der Waals surface area contributed by atoms with Gasteiger partial charge in [0.25, 0.3) is 0 Å². The molecule has 4 fully saturated rings. The second-order valence-corrected chi connectivity index (χ2v) is 8.30. The van der Waals surface area contributed by atoms with Crippen molar-refractivity contribution in [3.63, 3.8) is 0 Å². The van der Waals surface area contributed by atoms with Crippen molar-refractivity contribution in [2.45, 2.75) is 44.7 Å². The highest BCUT2D eigenvalue weighted by atomic mass is 16.2. The van der Waals surface area contributed by atoms with Gasteiger partial charge in [-0.05, 0) is 60.7 Å². The number of fused-ring (bicyclic) bond motifs is 5. The lowest BCUT2D eigenvalue weighted by Gasteiger charge is -2.36. The number of amides is 1. The van der Waals surface area contributed by atoms with E-state index in [0.29, 0.717) is 23.8 Å². The van der Waals surface area contributed by atoms with Crippen molar-refractivity contribution in [2.75, 3.05) is 19.6 Å². The van der Waals surface area contributed by atoms with E-state index >= 15 is 0 Å². The Kier molecular flexibility index (Phi) is 3.81. The topological polar surface area (TPSA) is 39.3 Å². The van der Waals surface area contributed by atoms with Gasteiger partial charge in [-0.25, -0.2) is 0 Å². The summed E-state index contributed by atoms with van der Waals surface area (Å²) in [7, 11) is 0. The number of carbonyl (C=O) groups is 1. The smallest absolute Gasteiger partial charge is 0.225 e. The molecule has 1 saturated carbocycles. The highest BCUT2D eigenvalue weighted by Crippen LogP contribution is 2.33. The molecule has 1 aromatic heterocycles. The fourth-order valence-corrected chi connectivity index (χ4v) is 4.90. The van der Waals surface area contributed by atoms with Crippen LogP contribution in [0.3, 0.4) is 0 Å². The molecule has 1 amide bonds. The third-order valence-corrected chi connectivity index (χ3v) is 6.60. The number of aromatic amines is 1. The van der Waals surface area contributed by atoms with E-state index in [1.165, 1.54) is 35.7 Å². The third-order valence-electron chi connectivity index (χ3n) is 6.60. The molecule has 4 heterocycles. The highest BCUT2D eigenvalue weighted by molar-refractivity contribution is 5.80. The molecule has 0 radical (unpaired) electrons. The first-order valence-electron chi connectivity index (χ1n) is 9.85. The lowest BCUT2D eigenvalue weighted by molar-refractivity contribution is -0.138. The molecule has 1 aromatic carbocycles. The summed E-state index contributed by atoms with van der Waals surface area (Å²) in [5, 5.41) is 1.29. The molecule has 0 spiro atoms. The third kappa shape index (κ3) is 2.86. The van der Waals surface area contributed by atoms with Crippen LogP contribution in [0, 0.1) is 11.8 Å². The van der Waals surface area contributed by atoms with Gasteiger partial charge in [0, 0.05) is 49.9 Å². The number of hydrogen-bond acceptors (Lipinski definition) is 2. The molecule has 2 atom stereocenters. The van der Waals surface area contributed by atoms with E-state index in [0.717, 1.165) is 39.0 Å². The second-order valence-electron chi connectivity index (χ2n) is 8.30. The second kappa shape index (κ2) is 6.17. The maximum absolute atomic E-state index is 12.7. The van der Waals surface area contributed by atoms with Gasteiger partial charge in [0.05, 0.1) is 0 Å². The van der Waals surface area contributed by atoms with Crippen LogP contribution >= 0.6 is 0 Å². The lowest BCUT2D eigenvalue weighted by Crippen LogP contribution is -2.45. The predicted molar refractivity (Wildman–Crippen MR) is 99.1 cm³/mol. The summed E-state index contributed by atoms with van der Waals surface area (Å²) in [6.45, 7) is 4.08. The first-order valence-corrected chi connectivity index (χ1v) is 9.85. The van der Waals surface area contributed by atoms with Crippen molar-refractivity contribution in [3.05, 3.63) is 36.0 Å². The molecular weight excluding hydrogens is 310 g/mol. The molecule has 2 bridgehead atoms. The molecule has 6 rings (SSSR count). The molecular formula is C21H27N3O. The van der Waals surface area contributed by atoms with Crippen LogP contribution in [0.5, 0.6) is 0 Å². The molecule has 3 saturated heterocycles. The van der Waals surface area contributed by atoms with Gasteiger partial charge in [-0.3, -0.25) is 9.69 Å². The van der Waals surface area contributed by atoms with E-state index in [4.69, 9.17) is 0 Å². The maximum Gasteiger partial charge on any atom is 0.225 e. The van der Waals surface area contributed by atoms with Gasteiger partial charge in [-0.2, -0.15) is 0 Å². The molecule has 4 aliphatic rings. The summed E-state index contributed by atoms with van der Waals surface area (Å²) in [6.07, 6.45) is 8.01. The monoisotopic (exact) mass is 337 g/mol. The SMILES string of the molecule is O=C(C1CCC1)N1C[C@H]2CC[C@@H](C1)N(Cc1ccc3[nH]ccc3c1)C2. The van der Waals surface area contributed by atoms with Crippen molar-refractivity contribution < 1.29 is 4.79 Å². The van der Waals surface area contributed by atoms with Crippen LogP contribution in [0.1, 0.15) is 37.7 Å². The Bertz CT molecular complexity index is 778. The minimum Gasteiger partial charge on any atom is -0.361 e. The summed E-state index contributed by atoms with van der Waals surface area (Å²) in [5.74, 6) is 1.43. The highest BCUT2D eigenvalue weighted by Gasteiger charge is 2.39. The van der Waals surface area contributed by atoms with Gasteiger partial charge in [0.1, 0.15) is 0 Å². The average Bonchev–Trinajstić information content (AvgIpc) is 2.83. The summed E-state index contributed by atoms with van der Waals surface area (Å²) >= 11 is 0. The van der Waals surface area contributed by atoms with Crippen LogP contribution in [-0.2, 0) is 11.3 Å². The van der Waals surface area contributed by atoms with Crippen LogP contribution in [0.2, 0.25) is 0 Å². The summed E-state index contributed by atoms with van der Waals surface area (Å²) < 4.78 is 0. The zero-order valence-corrected chi connectivity index (χ0v) is 14.8. The maximum atomic E-state index is 12.7. The van der Waals surface area contributed by atoms with E-state index in [-0.39, 0.29) is 0 Å². The van der Waals surface area contributed by atoms with Gasteiger partial charge >= 0.3 is 0 Å². The molecule has 1 aliphatic carbocycles. The number of carbonyl (C=O) groups excluding carboxylic acids is 1. The summed E-state index contributed by atoms with van der Waals surface area (Å²) in [4.78, 5) is 20.9. The first kappa shape index (κ1) is 15.4. The average molecular weight is 337 g/mol. The Balaban J connectivity index is 1.32. The number of aromatic nitrogens is 1. The first-order chi connectivity index (χ1) is 12.3. The Labute approximate surface area is 149 Å². The minimum atomic E-state index is 0.335. The Morgan fingerprint density at radius 2 is 2.00 bits per heavy atom. The summed E-state index contributed by atoms with van der Waals surface area (Å²) in [5.41, 5.74) is 2.59. The van der Waals surface area contributed by atoms with Crippen molar-refractivity contribution in [3.8, 4) is 0 Å². The molecule has 4 heteroatoms. The van der Waals surface area contributed by atoms with Crippen LogP contribution in [-0.4, -0.2) is 46.4 Å². The van der Waals surface area contributed by atoms with Crippen LogP contribution in [0.4, 0.5) is 0 Å². The van der Waals surface area contributed by atoms with Crippen LogP contribution < -0.4 is 0 Å². The van der Waals surface area contributed by atoms with E-state index in [9.17, 15) is 4.79 Å². The number of nitrogens with one attached hydrogen (secondary N) is 1. The molecule has 132 valence electrons. The van der Waals surface area contributed by atoms with Gasteiger partial charge in [-0.1, -0.05) is 12.5 Å². The molecule has 1 N–H and O–H groups in total. The fourth-order valence-electron chi connectivity index (χ4n) is 4.90. The number of hydrogen-bond donors (Lipinski definition) is 1. The Morgan fingerprint density at radius 1 is 1.08 bits per heavy atom. The molecule has 2 aromatic rings. The van der Waals surface area contributed by atoms with Crippen molar-refractivity contribution in [1.82, 2.24) is 14.8 Å². The van der Waals surface area contributed by atoms with E-state index in [2.05, 4.69) is 39.0 Å². The number of rotatable bonds is 3. The molecule has 25 heavy (non-hydrogen) atoms. The largest absolute Gasteiger partial charge is 0.361 e. The number of piperidine rings is 1. The van der Waals surface area contributed by atoms with E-state index < -0.39 is 0 Å². The van der Waals surface area contributed by atoms with Crippen molar-refractivity contribution in [1.29, 1.82) is 0 Å². The molecule has 0 unspecified atom stereocenters. The number of benzene rings is 1. The van der Waals surface area contributed by atoms with Crippen molar-refractivity contribution >= 4 is 16.8 Å². The van der Waals surface area contributed by atoms with Gasteiger partial charge in [0.2, 0.25) is 5.91 Å². The van der Waals surface area contributed by atoms with Gasteiger partial charge in [0.15, 0.2) is 0 Å². The standard InChI is InChI=1S/C21H27N3O/c25-21(17-2-1-3-17)24-13-16-4-6-19(14-24)23(12-16)11-15-5-7-20-18(10-15)8-9-22-20/h5,7-10,16-17,19,22H,1-4,6,11-14H2/t16-,19-/m0/s1. The van der Waals surface area contributed by atoms with Gasteiger partial charge in [-0.15, -0.1) is 0 Å². The molecule has 3 aliphatic heterocycles. The van der Waals surface area contributed by atoms with E-state index in [1.807, 2.05) is 6.20 Å². The van der Waals surface area contributed by atoms with Crippen molar-refractivity contribution in [2.24, 2.45) is 11.8 Å². The quantitative estimate of drug-likeness (QED) is 0.932. The van der Waals surface area contributed by atoms with E-state index in [1.54, 1.807) is 0 Å². The number of H-pyrrole nitrogens is 1. The normalized spacial score (nSPS) is 27.4. The number of nitrogens with zero attached hydrogens (tertiary/aromatic N) is 2. The summed E-state index contributed by atoms with van der Waals surface area (Å²) in [6, 6.07) is 9.42. The van der Waals surface area contributed by atoms with Gasteiger partial charge < -0.3 is 9.88 Å². The molecule has 4 nitrogen and oxygen atoms in total. The fraction of sp³-hybridized carbons (Fsp3) is 0.571. The predicted octanol–water partition coefficient (Wildman–Crippen LogP) is 3.39. The lowest BCUT2D eigenvalue weighted by atomic mass is 9.84. The Morgan fingerprint density at radius 3 is 2.84 bits per heavy atom. The zero-order valence-electron chi connectivity index (χ0n) is 14.8. The Hall–Kier alpha value is -1.81. The van der Waals surface area contributed by atoms with Crippen LogP contribution in [0.25, 0.3) is 10.9 Å². The zero-order chi connectivity index (χ0) is 16.8. The van der Waals surface area contributed by atoms with Crippen LogP contribution in [0.15, 0.2) is 30.5 Å².